The number of ketones is 3. The average Bonchev–Trinajstić information content (AvgIpc) is 3.30. The molecule has 3 atom stereocenters. The second-order valence-corrected chi connectivity index (χ2v) is 9.63. The summed E-state index contributed by atoms with van der Waals surface area (Å²) >= 11 is 0. The van der Waals surface area contributed by atoms with Crippen molar-refractivity contribution >= 4 is 35.1 Å². The number of anilines is 1. The van der Waals surface area contributed by atoms with Gasteiger partial charge in [0.25, 0.3) is 0 Å². The topological polar surface area (TPSA) is 80.8 Å². The van der Waals surface area contributed by atoms with E-state index in [2.05, 4.69) is 0 Å². The van der Waals surface area contributed by atoms with Crippen LogP contribution in [0.25, 0.3) is 6.08 Å². The molecule has 1 saturated heterocycles. The first-order valence-corrected chi connectivity index (χ1v) is 12.0. The van der Waals surface area contributed by atoms with Gasteiger partial charge in [-0.3, -0.25) is 19.2 Å². The first-order chi connectivity index (χ1) is 17.8. The van der Waals surface area contributed by atoms with E-state index in [1.807, 2.05) is 0 Å². The summed E-state index contributed by atoms with van der Waals surface area (Å²) in [5.41, 5.74) is -0.0941. The molecule has 7 heteroatoms. The van der Waals surface area contributed by atoms with E-state index in [-0.39, 0.29) is 28.2 Å². The Hall–Kier alpha value is -4.39. The van der Waals surface area contributed by atoms with Gasteiger partial charge in [0, 0.05) is 29.5 Å². The van der Waals surface area contributed by atoms with Gasteiger partial charge in [-0.05, 0) is 24.6 Å². The van der Waals surface area contributed by atoms with E-state index >= 15 is 4.39 Å². The largest absolute Gasteiger partial charge is 0.424 e. The molecule has 0 radical (unpaired) electrons. The lowest BCUT2D eigenvalue weighted by molar-refractivity contribution is -0.131. The minimum atomic E-state index is -1.79. The first-order valence-electron chi connectivity index (χ1n) is 12.0. The lowest BCUT2D eigenvalue weighted by atomic mass is 9.64. The molecule has 0 N–H and O–H groups in total. The number of esters is 1. The molecule has 6 nitrogen and oxygen atoms in total. The molecule has 0 saturated carbocycles. The van der Waals surface area contributed by atoms with Gasteiger partial charge in [0.2, 0.25) is 0 Å². The van der Waals surface area contributed by atoms with Crippen LogP contribution in [0.5, 0.6) is 5.75 Å². The molecule has 3 aliphatic rings. The van der Waals surface area contributed by atoms with Gasteiger partial charge in [-0.1, -0.05) is 66.7 Å². The smallest absolute Gasteiger partial charge is 0.308 e. The maximum absolute atomic E-state index is 15.5. The minimum absolute atomic E-state index is 0.117. The van der Waals surface area contributed by atoms with Crippen LogP contribution >= 0.6 is 0 Å². The fourth-order valence-electron chi connectivity index (χ4n) is 6.44. The zero-order valence-electron chi connectivity index (χ0n) is 20.1. The Bertz CT molecular complexity index is 1520. The quantitative estimate of drug-likeness (QED) is 0.296. The zero-order valence-corrected chi connectivity index (χ0v) is 20.1. The van der Waals surface area contributed by atoms with Crippen molar-refractivity contribution in [2.75, 3.05) is 4.90 Å². The van der Waals surface area contributed by atoms with Gasteiger partial charge in [0.15, 0.2) is 23.1 Å². The number of carbonyl (C=O) groups excluding carboxylic acids is 4. The van der Waals surface area contributed by atoms with Gasteiger partial charge in [0.1, 0.15) is 11.2 Å². The van der Waals surface area contributed by atoms with Crippen LogP contribution < -0.4 is 9.64 Å². The molecule has 3 aromatic rings. The number of hydrogen-bond acceptors (Lipinski definition) is 6. The number of Topliss-reactive ketones (excluding diaryl/α,β-unsaturated/α-hetero) is 3. The van der Waals surface area contributed by atoms with E-state index in [1.165, 1.54) is 32.0 Å². The SMILES string of the molecule is CC(=O)Oc1cccc2c1N1[C@H](C(C)=O)[C@H](c3ccccc3F)C3(C(=O)c4ccccc4C3=O)[C@H]1C=C2. The molecule has 0 bridgehead atoms. The van der Waals surface area contributed by atoms with E-state index < -0.39 is 46.8 Å². The van der Waals surface area contributed by atoms with Crippen LogP contribution in [0, 0.1) is 11.2 Å². The summed E-state index contributed by atoms with van der Waals surface area (Å²) in [6.07, 6.45) is 3.49. The normalized spacial score (nSPS) is 22.6. The standard InChI is InChI=1S/C30H22FNO5/c1-16(33)26-25(21-11-5-6-12-22(21)31)30(28(35)19-9-3-4-10-20(19)29(30)36)24-15-14-18-8-7-13-23(37-17(2)34)27(18)32(24)26/h3-15,24-26H,1-2H3/t24-,25+,26-/m1/s1. The second kappa shape index (κ2) is 8.06. The summed E-state index contributed by atoms with van der Waals surface area (Å²) < 4.78 is 21.0. The van der Waals surface area contributed by atoms with Crippen LogP contribution in [0.3, 0.4) is 0 Å². The van der Waals surface area contributed by atoms with Crippen molar-refractivity contribution in [1.82, 2.24) is 0 Å². The number of fused-ring (bicyclic) bond motifs is 5. The van der Waals surface area contributed by atoms with Gasteiger partial charge in [-0.15, -0.1) is 0 Å². The molecule has 0 aromatic heterocycles. The Morgan fingerprint density at radius 2 is 1.54 bits per heavy atom. The lowest BCUT2D eigenvalue weighted by Crippen LogP contribution is -2.48. The molecule has 0 unspecified atom stereocenters. The molecule has 6 rings (SSSR count). The molecule has 1 spiro atoms. The predicted molar refractivity (Wildman–Crippen MR) is 134 cm³/mol. The number of rotatable bonds is 3. The van der Waals surface area contributed by atoms with E-state index in [1.54, 1.807) is 65.6 Å². The lowest BCUT2D eigenvalue weighted by Gasteiger charge is -2.37. The number of benzene rings is 3. The highest BCUT2D eigenvalue weighted by molar-refractivity contribution is 6.32. The van der Waals surface area contributed by atoms with Crippen molar-refractivity contribution in [3.8, 4) is 5.75 Å². The van der Waals surface area contributed by atoms with Crippen molar-refractivity contribution in [2.24, 2.45) is 5.41 Å². The van der Waals surface area contributed by atoms with Crippen molar-refractivity contribution in [2.45, 2.75) is 31.8 Å². The Morgan fingerprint density at radius 1 is 0.892 bits per heavy atom. The Kier molecular flexibility index (Phi) is 5.02. The average molecular weight is 496 g/mol. The molecule has 3 aromatic carbocycles. The summed E-state index contributed by atoms with van der Waals surface area (Å²) in [6, 6.07) is 15.6. The number of nitrogens with zero attached hydrogens (tertiary/aromatic N) is 1. The van der Waals surface area contributed by atoms with Crippen molar-refractivity contribution < 1.29 is 28.3 Å². The number of hydrogen-bond donors (Lipinski definition) is 0. The van der Waals surface area contributed by atoms with E-state index in [9.17, 15) is 19.2 Å². The molecule has 2 aliphatic heterocycles. The summed E-state index contributed by atoms with van der Waals surface area (Å²) in [4.78, 5) is 55.7. The third kappa shape index (κ3) is 2.97. The Labute approximate surface area is 212 Å². The van der Waals surface area contributed by atoms with Crippen LogP contribution in [0.2, 0.25) is 0 Å². The van der Waals surface area contributed by atoms with Crippen molar-refractivity contribution in [1.29, 1.82) is 0 Å². The number of carbonyl (C=O) groups is 4. The fourth-order valence-corrected chi connectivity index (χ4v) is 6.44. The van der Waals surface area contributed by atoms with Gasteiger partial charge in [-0.2, -0.15) is 0 Å². The Morgan fingerprint density at radius 3 is 2.16 bits per heavy atom. The molecule has 37 heavy (non-hydrogen) atoms. The third-order valence-electron chi connectivity index (χ3n) is 7.70. The number of halogens is 1. The van der Waals surface area contributed by atoms with Crippen LogP contribution in [0.4, 0.5) is 10.1 Å². The summed E-state index contributed by atoms with van der Waals surface area (Å²) in [6.45, 7) is 2.64. The van der Waals surface area contributed by atoms with E-state index in [0.29, 0.717) is 11.3 Å². The molecular weight excluding hydrogens is 473 g/mol. The molecular formula is C30H22FNO5. The molecule has 1 fully saturated rings. The summed E-state index contributed by atoms with van der Waals surface area (Å²) in [5.74, 6) is -3.32. The highest BCUT2D eigenvalue weighted by atomic mass is 19.1. The predicted octanol–water partition coefficient (Wildman–Crippen LogP) is 4.77. The van der Waals surface area contributed by atoms with Gasteiger partial charge in [-0.25, -0.2) is 4.39 Å². The maximum atomic E-state index is 15.5. The van der Waals surface area contributed by atoms with Crippen LogP contribution in [0.15, 0.2) is 72.8 Å². The van der Waals surface area contributed by atoms with E-state index in [4.69, 9.17) is 4.74 Å². The van der Waals surface area contributed by atoms with E-state index in [0.717, 1.165) is 0 Å². The maximum Gasteiger partial charge on any atom is 0.308 e. The summed E-state index contributed by atoms with van der Waals surface area (Å²) in [5, 5.41) is 0. The zero-order chi connectivity index (χ0) is 26.1. The molecule has 184 valence electrons. The van der Waals surface area contributed by atoms with Gasteiger partial charge in [0.05, 0.1) is 17.8 Å². The third-order valence-corrected chi connectivity index (χ3v) is 7.70. The van der Waals surface area contributed by atoms with Crippen LogP contribution in [-0.2, 0) is 9.59 Å². The fraction of sp³-hybridized carbons (Fsp3) is 0.200. The van der Waals surface area contributed by atoms with Gasteiger partial charge < -0.3 is 9.64 Å². The number of ether oxygens (including phenoxy) is 1. The second-order valence-electron chi connectivity index (χ2n) is 9.63. The minimum Gasteiger partial charge on any atom is -0.424 e. The molecule has 0 amide bonds. The Balaban J connectivity index is 1.70. The van der Waals surface area contributed by atoms with Crippen LogP contribution in [0.1, 0.15) is 51.6 Å². The van der Waals surface area contributed by atoms with Crippen molar-refractivity contribution in [3.63, 3.8) is 0 Å². The van der Waals surface area contributed by atoms with Gasteiger partial charge >= 0.3 is 5.97 Å². The first kappa shape index (κ1) is 23.0. The summed E-state index contributed by atoms with van der Waals surface area (Å²) in [7, 11) is 0. The van der Waals surface area contributed by atoms with Crippen LogP contribution in [-0.4, -0.2) is 35.4 Å². The van der Waals surface area contributed by atoms with Crippen molar-refractivity contribution in [3.05, 3.63) is 101 Å². The molecule has 2 heterocycles. The highest BCUT2D eigenvalue weighted by Crippen LogP contribution is 2.61. The highest BCUT2D eigenvalue weighted by Gasteiger charge is 2.71. The molecule has 1 aliphatic carbocycles. The monoisotopic (exact) mass is 495 g/mol. The number of para-hydroxylation sites is 1.